The molecule has 0 aliphatic heterocycles. The highest BCUT2D eigenvalue weighted by Crippen LogP contribution is 2.22. The van der Waals surface area contributed by atoms with E-state index >= 15 is 0 Å². The number of ether oxygens (including phenoxy) is 1. The normalized spacial score (nSPS) is 14.3. The van der Waals surface area contributed by atoms with E-state index in [1.165, 1.54) is 4.52 Å². The summed E-state index contributed by atoms with van der Waals surface area (Å²) in [5.74, 6) is 1.36. The Morgan fingerprint density at radius 1 is 1.41 bits per heavy atom. The molecule has 8 heteroatoms. The van der Waals surface area contributed by atoms with Crippen LogP contribution >= 0.6 is 0 Å². The van der Waals surface area contributed by atoms with Crippen molar-refractivity contribution in [3.05, 3.63) is 30.2 Å². The minimum absolute atomic E-state index is 0.104. The Kier molecular flexibility index (Phi) is 3.78. The van der Waals surface area contributed by atoms with Crippen molar-refractivity contribution in [1.29, 1.82) is 0 Å². The zero-order valence-corrected chi connectivity index (χ0v) is 12.4. The van der Waals surface area contributed by atoms with Crippen molar-refractivity contribution in [1.82, 2.24) is 19.6 Å². The lowest BCUT2D eigenvalue weighted by atomic mass is 10.0. The maximum absolute atomic E-state index is 6.21. The third-order valence-corrected chi connectivity index (χ3v) is 3.50. The average molecular weight is 302 g/mol. The van der Waals surface area contributed by atoms with Gasteiger partial charge in [0.05, 0.1) is 24.6 Å². The smallest absolute Gasteiger partial charge is 0.223 e. The van der Waals surface area contributed by atoms with Gasteiger partial charge in [-0.1, -0.05) is 6.92 Å². The molecule has 0 saturated carbocycles. The summed E-state index contributed by atoms with van der Waals surface area (Å²) in [6.07, 6.45) is 1.57. The molecule has 2 atom stereocenters. The molecule has 3 aromatic heterocycles. The summed E-state index contributed by atoms with van der Waals surface area (Å²) < 4.78 is 11.9. The van der Waals surface area contributed by atoms with Gasteiger partial charge in [-0.05, 0) is 12.1 Å². The van der Waals surface area contributed by atoms with E-state index in [1.807, 2.05) is 6.92 Å². The maximum Gasteiger partial charge on any atom is 0.223 e. The van der Waals surface area contributed by atoms with Crippen molar-refractivity contribution in [2.75, 3.05) is 19.5 Å². The predicted molar refractivity (Wildman–Crippen MR) is 80.9 cm³/mol. The Bertz CT molecular complexity index is 767. The van der Waals surface area contributed by atoms with Gasteiger partial charge in [-0.25, -0.2) is 9.97 Å². The lowest BCUT2D eigenvalue weighted by Crippen LogP contribution is -2.24. The summed E-state index contributed by atoms with van der Waals surface area (Å²) in [7, 11) is 1.64. The molecule has 3 aromatic rings. The van der Waals surface area contributed by atoms with Crippen LogP contribution in [0.4, 0.5) is 5.95 Å². The first-order chi connectivity index (χ1) is 10.6. The van der Waals surface area contributed by atoms with Crippen molar-refractivity contribution in [2.45, 2.75) is 13.0 Å². The largest absolute Gasteiger partial charge is 0.461 e. The Labute approximate surface area is 127 Å². The minimum atomic E-state index is -0.295. The lowest BCUT2D eigenvalue weighted by molar-refractivity contribution is 0.147. The Hall–Kier alpha value is -2.45. The fourth-order valence-electron chi connectivity index (χ4n) is 2.27. The quantitative estimate of drug-likeness (QED) is 0.728. The van der Waals surface area contributed by atoms with Gasteiger partial charge in [0.1, 0.15) is 0 Å². The van der Waals surface area contributed by atoms with Crippen LogP contribution in [-0.2, 0) is 4.74 Å². The molecule has 0 saturated heterocycles. The van der Waals surface area contributed by atoms with Crippen LogP contribution < -0.4 is 11.5 Å². The highest BCUT2D eigenvalue weighted by atomic mass is 16.5. The molecular formula is C14H18N6O2. The third-order valence-electron chi connectivity index (χ3n) is 3.50. The van der Waals surface area contributed by atoms with Crippen molar-refractivity contribution in [2.24, 2.45) is 11.7 Å². The second-order valence-electron chi connectivity index (χ2n) is 5.18. The van der Waals surface area contributed by atoms with E-state index in [1.54, 1.807) is 31.6 Å². The Balaban J connectivity index is 2.01. The number of rotatable bonds is 5. The van der Waals surface area contributed by atoms with E-state index < -0.39 is 0 Å². The van der Waals surface area contributed by atoms with Crippen LogP contribution in [-0.4, -0.2) is 33.3 Å². The SMILES string of the molecule is COCC(C)C(N)c1cc2nc(-c3ccco3)nn2c(N)n1. The first-order valence-corrected chi connectivity index (χ1v) is 6.91. The fraction of sp³-hybridized carbons (Fsp3) is 0.357. The number of aromatic nitrogens is 4. The predicted octanol–water partition coefficient (Wildman–Crippen LogP) is 1.25. The second kappa shape index (κ2) is 5.74. The molecule has 0 spiro atoms. The molecule has 0 amide bonds. The van der Waals surface area contributed by atoms with Crippen LogP contribution in [0.2, 0.25) is 0 Å². The zero-order chi connectivity index (χ0) is 15.7. The van der Waals surface area contributed by atoms with Crippen LogP contribution in [0.15, 0.2) is 28.9 Å². The van der Waals surface area contributed by atoms with E-state index in [0.29, 0.717) is 29.5 Å². The number of furan rings is 1. The number of methoxy groups -OCH3 is 1. The molecule has 116 valence electrons. The average Bonchev–Trinajstić information content (AvgIpc) is 3.15. The van der Waals surface area contributed by atoms with Gasteiger partial charge in [-0.2, -0.15) is 4.52 Å². The highest BCUT2D eigenvalue weighted by molar-refractivity contribution is 5.54. The van der Waals surface area contributed by atoms with Gasteiger partial charge in [-0.3, -0.25) is 0 Å². The third kappa shape index (κ3) is 2.53. The van der Waals surface area contributed by atoms with E-state index in [9.17, 15) is 0 Å². The van der Waals surface area contributed by atoms with E-state index in [4.69, 9.17) is 20.6 Å². The number of anilines is 1. The monoisotopic (exact) mass is 302 g/mol. The van der Waals surface area contributed by atoms with Crippen LogP contribution in [0.5, 0.6) is 0 Å². The number of fused-ring (bicyclic) bond motifs is 1. The van der Waals surface area contributed by atoms with Crippen LogP contribution in [0.1, 0.15) is 18.7 Å². The van der Waals surface area contributed by atoms with Crippen LogP contribution in [0.3, 0.4) is 0 Å². The molecule has 0 aromatic carbocycles. The molecule has 0 bridgehead atoms. The van der Waals surface area contributed by atoms with Gasteiger partial charge >= 0.3 is 0 Å². The molecular weight excluding hydrogens is 284 g/mol. The summed E-state index contributed by atoms with van der Waals surface area (Å²) in [4.78, 5) is 8.74. The molecule has 0 radical (unpaired) electrons. The van der Waals surface area contributed by atoms with Gasteiger partial charge < -0.3 is 20.6 Å². The zero-order valence-electron chi connectivity index (χ0n) is 12.4. The van der Waals surface area contributed by atoms with E-state index in [-0.39, 0.29) is 17.9 Å². The number of hydrogen-bond acceptors (Lipinski definition) is 7. The summed E-state index contributed by atoms with van der Waals surface area (Å²) in [6, 6.07) is 5.05. The Morgan fingerprint density at radius 3 is 2.91 bits per heavy atom. The van der Waals surface area contributed by atoms with Crippen molar-refractivity contribution >= 4 is 11.6 Å². The summed E-state index contributed by atoms with van der Waals surface area (Å²) in [6.45, 7) is 2.53. The van der Waals surface area contributed by atoms with Gasteiger partial charge in [0.15, 0.2) is 11.4 Å². The molecule has 3 rings (SSSR count). The van der Waals surface area contributed by atoms with Crippen molar-refractivity contribution in [3.8, 4) is 11.6 Å². The standard InChI is InChI=1S/C14H18N6O2/c1-8(7-21-2)12(15)9-6-11-18-13(10-4-3-5-22-10)19-20(11)14(16)17-9/h3-6,8,12H,7,15H2,1-2H3,(H2,16,17). The van der Waals surface area contributed by atoms with Crippen molar-refractivity contribution < 1.29 is 9.15 Å². The summed E-state index contributed by atoms with van der Waals surface area (Å²) >= 11 is 0. The molecule has 0 aliphatic carbocycles. The first kappa shape index (κ1) is 14.5. The minimum Gasteiger partial charge on any atom is -0.461 e. The van der Waals surface area contributed by atoms with Gasteiger partial charge in [-0.15, -0.1) is 5.10 Å². The first-order valence-electron chi connectivity index (χ1n) is 6.91. The Morgan fingerprint density at radius 2 is 2.23 bits per heavy atom. The summed E-state index contributed by atoms with van der Waals surface area (Å²) in [5.41, 5.74) is 13.4. The van der Waals surface area contributed by atoms with Gasteiger partial charge in [0.25, 0.3) is 0 Å². The van der Waals surface area contributed by atoms with Gasteiger partial charge in [0, 0.05) is 19.1 Å². The van der Waals surface area contributed by atoms with E-state index in [2.05, 4.69) is 15.1 Å². The fourth-order valence-corrected chi connectivity index (χ4v) is 2.27. The van der Waals surface area contributed by atoms with Crippen molar-refractivity contribution in [3.63, 3.8) is 0 Å². The maximum atomic E-state index is 6.21. The van der Waals surface area contributed by atoms with Crippen LogP contribution in [0.25, 0.3) is 17.2 Å². The topological polar surface area (TPSA) is 117 Å². The van der Waals surface area contributed by atoms with Crippen LogP contribution in [0, 0.1) is 5.92 Å². The number of nitrogen functional groups attached to an aromatic ring is 1. The number of hydrogen-bond donors (Lipinski definition) is 2. The molecule has 22 heavy (non-hydrogen) atoms. The summed E-state index contributed by atoms with van der Waals surface area (Å²) in [5, 5.41) is 4.30. The van der Waals surface area contributed by atoms with Gasteiger partial charge in [0.2, 0.25) is 11.8 Å². The van der Waals surface area contributed by atoms with E-state index in [0.717, 1.165) is 0 Å². The number of nitrogens with zero attached hydrogens (tertiary/aromatic N) is 4. The molecule has 3 heterocycles. The lowest BCUT2D eigenvalue weighted by Gasteiger charge is -2.18. The molecule has 0 aliphatic rings. The second-order valence-corrected chi connectivity index (χ2v) is 5.18. The molecule has 8 nitrogen and oxygen atoms in total. The molecule has 0 fully saturated rings. The molecule has 4 N–H and O–H groups in total. The highest BCUT2D eigenvalue weighted by Gasteiger charge is 2.19. The molecule has 2 unspecified atom stereocenters. The number of nitrogens with two attached hydrogens (primary N) is 2.